The van der Waals surface area contributed by atoms with Crippen LogP contribution >= 0.6 is 22.9 Å². The SMILES string of the molecule is Cc1ccc(Cl)cc1OC(CN)c1cccs1. The highest BCUT2D eigenvalue weighted by Crippen LogP contribution is 2.29. The number of rotatable bonds is 4. The molecule has 0 spiro atoms. The first kappa shape index (κ1) is 12.4. The van der Waals surface area contributed by atoms with E-state index in [1.54, 1.807) is 11.3 Å². The summed E-state index contributed by atoms with van der Waals surface area (Å²) >= 11 is 7.61. The van der Waals surface area contributed by atoms with Crippen molar-refractivity contribution in [3.63, 3.8) is 0 Å². The number of halogens is 1. The smallest absolute Gasteiger partial charge is 0.145 e. The summed E-state index contributed by atoms with van der Waals surface area (Å²) in [6, 6.07) is 9.65. The molecule has 90 valence electrons. The summed E-state index contributed by atoms with van der Waals surface area (Å²) in [6.07, 6.45) is -0.104. The number of thiophene rings is 1. The largest absolute Gasteiger partial charge is 0.483 e. The van der Waals surface area contributed by atoms with Crippen LogP contribution in [0.5, 0.6) is 5.75 Å². The number of nitrogens with two attached hydrogens (primary N) is 1. The molecule has 2 aromatic rings. The molecule has 17 heavy (non-hydrogen) atoms. The van der Waals surface area contributed by atoms with E-state index < -0.39 is 0 Å². The number of hydrogen-bond acceptors (Lipinski definition) is 3. The van der Waals surface area contributed by atoms with E-state index >= 15 is 0 Å². The molecule has 0 bridgehead atoms. The Morgan fingerprint density at radius 2 is 2.24 bits per heavy atom. The average Bonchev–Trinajstić information content (AvgIpc) is 2.84. The Morgan fingerprint density at radius 1 is 1.41 bits per heavy atom. The fourth-order valence-corrected chi connectivity index (χ4v) is 2.48. The van der Waals surface area contributed by atoms with Crippen molar-refractivity contribution < 1.29 is 4.74 Å². The van der Waals surface area contributed by atoms with Gasteiger partial charge in [-0.2, -0.15) is 0 Å². The molecule has 2 N–H and O–H groups in total. The van der Waals surface area contributed by atoms with Crippen LogP contribution in [0, 0.1) is 6.92 Å². The molecule has 2 rings (SSSR count). The van der Waals surface area contributed by atoms with Crippen molar-refractivity contribution in [2.75, 3.05) is 6.54 Å². The highest BCUT2D eigenvalue weighted by molar-refractivity contribution is 7.10. The fourth-order valence-electron chi connectivity index (χ4n) is 1.55. The van der Waals surface area contributed by atoms with Crippen molar-refractivity contribution in [1.82, 2.24) is 0 Å². The van der Waals surface area contributed by atoms with Crippen molar-refractivity contribution in [2.45, 2.75) is 13.0 Å². The van der Waals surface area contributed by atoms with Crippen LogP contribution in [0.1, 0.15) is 16.5 Å². The van der Waals surface area contributed by atoms with E-state index in [1.807, 2.05) is 42.6 Å². The molecule has 0 amide bonds. The van der Waals surface area contributed by atoms with Gasteiger partial charge in [0.15, 0.2) is 0 Å². The van der Waals surface area contributed by atoms with Gasteiger partial charge in [0.05, 0.1) is 0 Å². The van der Waals surface area contributed by atoms with E-state index in [4.69, 9.17) is 22.1 Å². The van der Waals surface area contributed by atoms with Gasteiger partial charge in [-0.15, -0.1) is 11.3 Å². The van der Waals surface area contributed by atoms with Gasteiger partial charge in [-0.05, 0) is 36.1 Å². The number of ether oxygens (including phenoxy) is 1. The number of benzene rings is 1. The molecule has 0 aliphatic rings. The Morgan fingerprint density at radius 3 is 2.88 bits per heavy atom. The summed E-state index contributed by atoms with van der Waals surface area (Å²) in [6.45, 7) is 2.44. The quantitative estimate of drug-likeness (QED) is 0.915. The lowest BCUT2D eigenvalue weighted by atomic mass is 10.2. The monoisotopic (exact) mass is 267 g/mol. The van der Waals surface area contributed by atoms with Gasteiger partial charge in [-0.3, -0.25) is 0 Å². The maximum Gasteiger partial charge on any atom is 0.145 e. The van der Waals surface area contributed by atoms with Gasteiger partial charge in [0.1, 0.15) is 11.9 Å². The van der Waals surface area contributed by atoms with Gasteiger partial charge in [-0.1, -0.05) is 23.7 Å². The van der Waals surface area contributed by atoms with Crippen molar-refractivity contribution >= 4 is 22.9 Å². The Bertz CT molecular complexity index is 484. The highest BCUT2D eigenvalue weighted by atomic mass is 35.5. The van der Waals surface area contributed by atoms with E-state index in [9.17, 15) is 0 Å². The number of hydrogen-bond donors (Lipinski definition) is 1. The maximum absolute atomic E-state index is 5.96. The van der Waals surface area contributed by atoms with E-state index in [0.29, 0.717) is 11.6 Å². The highest BCUT2D eigenvalue weighted by Gasteiger charge is 2.13. The summed E-state index contributed by atoms with van der Waals surface area (Å²) in [5.41, 5.74) is 6.81. The van der Waals surface area contributed by atoms with Gasteiger partial charge in [0.2, 0.25) is 0 Å². The topological polar surface area (TPSA) is 35.2 Å². The van der Waals surface area contributed by atoms with Gasteiger partial charge in [0.25, 0.3) is 0 Å². The van der Waals surface area contributed by atoms with E-state index in [-0.39, 0.29) is 6.10 Å². The fraction of sp³-hybridized carbons (Fsp3) is 0.231. The molecule has 4 heteroatoms. The van der Waals surface area contributed by atoms with Gasteiger partial charge >= 0.3 is 0 Å². The van der Waals surface area contributed by atoms with Crippen molar-refractivity contribution in [3.8, 4) is 5.75 Å². The number of aryl methyl sites for hydroxylation is 1. The molecule has 0 radical (unpaired) electrons. The molecule has 0 aliphatic carbocycles. The van der Waals surface area contributed by atoms with Crippen molar-refractivity contribution in [1.29, 1.82) is 0 Å². The zero-order valence-corrected chi connectivity index (χ0v) is 11.1. The van der Waals surface area contributed by atoms with Crippen LogP contribution in [-0.2, 0) is 0 Å². The molecule has 0 saturated heterocycles. The summed E-state index contributed by atoms with van der Waals surface area (Å²) in [5, 5.41) is 2.69. The minimum Gasteiger partial charge on any atom is -0.483 e. The third-order valence-electron chi connectivity index (χ3n) is 2.49. The molecule has 2 nitrogen and oxygen atoms in total. The minimum absolute atomic E-state index is 0.104. The van der Waals surface area contributed by atoms with Gasteiger partial charge < -0.3 is 10.5 Å². The molecule has 1 aromatic carbocycles. The third kappa shape index (κ3) is 3.00. The summed E-state index contributed by atoms with van der Waals surface area (Å²) < 4.78 is 5.92. The summed E-state index contributed by atoms with van der Waals surface area (Å²) in [4.78, 5) is 1.13. The molecular weight excluding hydrogens is 254 g/mol. The summed E-state index contributed by atoms with van der Waals surface area (Å²) in [5.74, 6) is 0.793. The zero-order valence-electron chi connectivity index (χ0n) is 9.52. The predicted octanol–water partition coefficient (Wildman–Crippen LogP) is 3.79. The predicted molar refractivity (Wildman–Crippen MR) is 72.9 cm³/mol. The molecule has 0 aliphatic heterocycles. The van der Waals surface area contributed by atoms with Gasteiger partial charge in [0, 0.05) is 16.4 Å². The van der Waals surface area contributed by atoms with E-state index in [1.165, 1.54) is 0 Å². The molecule has 1 heterocycles. The minimum atomic E-state index is -0.104. The molecule has 0 saturated carbocycles. The molecular formula is C13H14ClNOS. The van der Waals surface area contributed by atoms with Crippen LogP contribution in [0.2, 0.25) is 5.02 Å². The normalized spacial score (nSPS) is 12.4. The second-order valence-corrected chi connectivity index (χ2v) is 5.18. The standard InChI is InChI=1S/C13H14ClNOS/c1-9-4-5-10(14)7-11(9)16-12(8-15)13-3-2-6-17-13/h2-7,12H,8,15H2,1H3. The lowest BCUT2D eigenvalue weighted by molar-refractivity contribution is 0.216. The Balaban J connectivity index is 2.21. The van der Waals surface area contributed by atoms with Crippen molar-refractivity contribution in [3.05, 3.63) is 51.2 Å². The first-order chi connectivity index (χ1) is 8.20. The zero-order chi connectivity index (χ0) is 12.3. The molecule has 0 fully saturated rings. The van der Waals surface area contributed by atoms with E-state index in [2.05, 4.69) is 0 Å². The third-order valence-corrected chi connectivity index (χ3v) is 3.69. The Kier molecular flexibility index (Phi) is 4.05. The van der Waals surface area contributed by atoms with Gasteiger partial charge in [-0.25, -0.2) is 0 Å². The first-order valence-corrected chi connectivity index (χ1v) is 6.62. The van der Waals surface area contributed by atoms with Crippen LogP contribution in [-0.4, -0.2) is 6.54 Å². The summed E-state index contributed by atoms with van der Waals surface area (Å²) in [7, 11) is 0. The second kappa shape index (κ2) is 5.54. The van der Waals surface area contributed by atoms with Crippen LogP contribution in [0.3, 0.4) is 0 Å². The van der Waals surface area contributed by atoms with Crippen LogP contribution in [0.25, 0.3) is 0 Å². The van der Waals surface area contributed by atoms with Crippen LogP contribution in [0.4, 0.5) is 0 Å². The average molecular weight is 268 g/mol. The van der Waals surface area contributed by atoms with Crippen LogP contribution in [0.15, 0.2) is 35.7 Å². The molecule has 1 unspecified atom stereocenters. The Hall–Kier alpha value is -1.03. The Labute approximate surface area is 110 Å². The lowest BCUT2D eigenvalue weighted by Gasteiger charge is -2.17. The first-order valence-electron chi connectivity index (χ1n) is 5.37. The molecule has 1 aromatic heterocycles. The maximum atomic E-state index is 5.96. The van der Waals surface area contributed by atoms with Crippen LogP contribution < -0.4 is 10.5 Å². The van der Waals surface area contributed by atoms with E-state index in [0.717, 1.165) is 16.2 Å². The second-order valence-electron chi connectivity index (χ2n) is 3.77. The lowest BCUT2D eigenvalue weighted by Crippen LogP contribution is -2.17. The molecule has 1 atom stereocenters. The van der Waals surface area contributed by atoms with Crippen molar-refractivity contribution in [2.24, 2.45) is 5.73 Å².